The lowest BCUT2D eigenvalue weighted by Gasteiger charge is -2.25. The van der Waals surface area contributed by atoms with Gasteiger partial charge in [-0.05, 0) is 38.7 Å². The Kier molecular flexibility index (Phi) is 5.19. The van der Waals surface area contributed by atoms with Crippen LogP contribution in [0.4, 0.5) is 0 Å². The molecule has 0 unspecified atom stereocenters. The van der Waals surface area contributed by atoms with Crippen LogP contribution in [0.2, 0.25) is 0 Å². The first-order valence-corrected chi connectivity index (χ1v) is 8.50. The number of amides is 1. The summed E-state index contributed by atoms with van der Waals surface area (Å²) in [4.78, 5) is 26.8. The van der Waals surface area contributed by atoms with Crippen LogP contribution < -0.4 is 10.7 Å². The summed E-state index contributed by atoms with van der Waals surface area (Å²) in [5.41, 5.74) is 2.28. The summed E-state index contributed by atoms with van der Waals surface area (Å²) in [7, 11) is 3.92. The minimum absolute atomic E-state index is 0.0231. The van der Waals surface area contributed by atoms with Gasteiger partial charge in [-0.25, -0.2) is 0 Å². The molecule has 5 heteroatoms. The van der Waals surface area contributed by atoms with Crippen LogP contribution in [0.1, 0.15) is 27.7 Å². The Morgan fingerprint density at radius 1 is 1.12 bits per heavy atom. The number of fused-ring (bicyclic) bond motifs is 1. The lowest BCUT2D eigenvalue weighted by molar-refractivity contribution is 0.0914. The molecular weight excluding hydrogens is 328 g/mol. The Balaban J connectivity index is 1.80. The van der Waals surface area contributed by atoms with E-state index in [-0.39, 0.29) is 17.2 Å². The molecule has 5 nitrogen and oxygen atoms in total. The van der Waals surface area contributed by atoms with Crippen molar-refractivity contribution in [2.24, 2.45) is 0 Å². The largest absolute Gasteiger partial charge is 0.451 e. The van der Waals surface area contributed by atoms with E-state index in [0.717, 1.165) is 11.1 Å². The van der Waals surface area contributed by atoms with Crippen molar-refractivity contribution in [2.45, 2.75) is 13.0 Å². The average Bonchev–Trinajstić information content (AvgIpc) is 2.62. The van der Waals surface area contributed by atoms with Crippen molar-refractivity contribution in [1.82, 2.24) is 10.2 Å². The molecule has 3 rings (SSSR count). The Bertz CT molecular complexity index is 977. The number of nitrogens with one attached hydrogen (secondary N) is 1. The van der Waals surface area contributed by atoms with Crippen molar-refractivity contribution in [2.75, 3.05) is 20.6 Å². The van der Waals surface area contributed by atoms with Gasteiger partial charge in [0.15, 0.2) is 11.2 Å². The third kappa shape index (κ3) is 3.83. The van der Waals surface area contributed by atoms with E-state index < -0.39 is 5.91 Å². The maximum atomic E-state index is 12.5. The molecule has 1 heterocycles. The Morgan fingerprint density at radius 3 is 2.54 bits per heavy atom. The van der Waals surface area contributed by atoms with Crippen LogP contribution in [0.25, 0.3) is 11.0 Å². The molecule has 0 aliphatic rings. The maximum absolute atomic E-state index is 12.5. The molecule has 0 bridgehead atoms. The third-order valence-electron chi connectivity index (χ3n) is 4.37. The predicted molar refractivity (Wildman–Crippen MR) is 102 cm³/mol. The van der Waals surface area contributed by atoms with E-state index in [1.165, 1.54) is 6.07 Å². The van der Waals surface area contributed by atoms with Crippen molar-refractivity contribution < 1.29 is 9.21 Å². The summed E-state index contributed by atoms with van der Waals surface area (Å²) in [5.74, 6) is -0.371. The summed E-state index contributed by atoms with van der Waals surface area (Å²) in [6.07, 6.45) is 0. The molecule has 2 aromatic carbocycles. The van der Waals surface area contributed by atoms with Gasteiger partial charge in [-0.1, -0.05) is 42.0 Å². The zero-order chi connectivity index (χ0) is 18.7. The SMILES string of the molecule is Cc1ccc2oc(C(=O)NC[C@H](c3ccccc3)N(C)C)cc(=O)c2c1. The van der Waals surface area contributed by atoms with Gasteiger partial charge in [-0.3, -0.25) is 9.59 Å². The van der Waals surface area contributed by atoms with Crippen LogP contribution >= 0.6 is 0 Å². The molecule has 0 fully saturated rings. The highest BCUT2D eigenvalue weighted by atomic mass is 16.3. The Hall–Kier alpha value is -2.92. The molecule has 1 aromatic heterocycles. The van der Waals surface area contributed by atoms with E-state index in [2.05, 4.69) is 5.32 Å². The second-order valence-corrected chi connectivity index (χ2v) is 6.57. The van der Waals surface area contributed by atoms with Gasteiger partial charge in [0.2, 0.25) is 0 Å². The van der Waals surface area contributed by atoms with Gasteiger partial charge in [0, 0.05) is 12.6 Å². The minimum atomic E-state index is -0.396. The highest BCUT2D eigenvalue weighted by molar-refractivity contribution is 5.93. The first kappa shape index (κ1) is 17.9. The number of likely N-dealkylation sites (N-methyl/N-ethyl adjacent to an activating group) is 1. The van der Waals surface area contributed by atoms with Crippen LogP contribution in [0, 0.1) is 6.92 Å². The molecule has 0 saturated heterocycles. The van der Waals surface area contributed by atoms with Crippen molar-refractivity contribution in [3.8, 4) is 0 Å². The van der Waals surface area contributed by atoms with Crippen molar-refractivity contribution in [3.05, 3.63) is 81.7 Å². The second-order valence-electron chi connectivity index (χ2n) is 6.57. The summed E-state index contributed by atoms with van der Waals surface area (Å²) in [5, 5.41) is 3.35. The number of carbonyl (C=O) groups excluding carboxylic acids is 1. The van der Waals surface area contributed by atoms with Gasteiger partial charge in [0.25, 0.3) is 5.91 Å². The predicted octanol–water partition coefficient (Wildman–Crippen LogP) is 3.13. The van der Waals surface area contributed by atoms with Gasteiger partial charge in [0.05, 0.1) is 11.4 Å². The molecule has 0 aliphatic carbocycles. The van der Waals surface area contributed by atoms with Gasteiger partial charge in [-0.2, -0.15) is 0 Å². The fourth-order valence-corrected chi connectivity index (χ4v) is 2.93. The van der Waals surface area contributed by atoms with E-state index in [9.17, 15) is 9.59 Å². The molecular formula is C21H22N2O3. The monoisotopic (exact) mass is 350 g/mol. The second kappa shape index (κ2) is 7.54. The van der Waals surface area contributed by atoms with E-state index in [1.54, 1.807) is 12.1 Å². The zero-order valence-corrected chi connectivity index (χ0v) is 15.2. The van der Waals surface area contributed by atoms with Crippen LogP contribution in [0.5, 0.6) is 0 Å². The highest BCUT2D eigenvalue weighted by Crippen LogP contribution is 2.17. The van der Waals surface area contributed by atoms with Crippen LogP contribution in [0.3, 0.4) is 0 Å². The number of hydrogen-bond acceptors (Lipinski definition) is 4. The van der Waals surface area contributed by atoms with Gasteiger partial charge >= 0.3 is 0 Å². The topological polar surface area (TPSA) is 62.6 Å². The summed E-state index contributed by atoms with van der Waals surface area (Å²) >= 11 is 0. The van der Waals surface area contributed by atoms with Crippen LogP contribution in [-0.4, -0.2) is 31.4 Å². The first-order chi connectivity index (χ1) is 12.5. The van der Waals surface area contributed by atoms with Gasteiger partial charge < -0.3 is 14.6 Å². The molecule has 0 spiro atoms. The number of nitrogens with zero attached hydrogens (tertiary/aromatic N) is 1. The summed E-state index contributed by atoms with van der Waals surface area (Å²) in [6, 6.07) is 16.6. The highest BCUT2D eigenvalue weighted by Gasteiger charge is 2.17. The number of rotatable bonds is 5. The molecule has 1 amide bonds. The first-order valence-electron chi connectivity index (χ1n) is 8.50. The van der Waals surface area contributed by atoms with Crippen LogP contribution in [0.15, 0.2) is 63.8 Å². The van der Waals surface area contributed by atoms with Crippen molar-refractivity contribution in [3.63, 3.8) is 0 Å². The van der Waals surface area contributed by atoms with Crippen LogP contribution in [-0.2, 0) is 0 Å². The summed E-state index contributed by atoms with van der Waals surface area (Å²) in [6.45, 7) is 2.32. The number of aryl methyl sites for hydroxylation is 1. The normalized spacial score (nSPS) is 12.3. The Morgan fingerprint density at radius 2 is 1.85 bits per heavy atom. The molecule has 1 N–H and O–H groups in total. The molecule has 0 radical (unpaired) electrons. The lowest BCUT2D eigenvalue weighted by atomic mass is 10.1. The van der Waals surface area contributed by atoms with Gasteiger partial charge in [-0.15, -0.1) is 0 Å². The number of benzene rings is 2. The molecule has 1 atom stereocenters. The van der Waals surface area contributed by atoms with E-state index in [1.807, 2.05) is 62.3 Å². The minimum Gasteiger partial charge on any atom is -0.451 e. The zero-order valence-electron chi connectivity index (χ0n) is 15.2. The maximum Gasteiger partial charge on any atom is 0.287 e. The van der Waals surface area contributed by atoms with E-state index in [0.29, 0.717) is 17.5 Å². The molecule has 0 saturated carbocycles. The summed E-state index contributed by atoms with van der Waals surface area (Å²) < 4.78 is 5.63. The van der Waals surface area contributed by atoms with Gasteiger partial charge in [0.1, 0.15) is 5.58 Å². The average molecular weight is 350 g/mol. The number of carbonyl (C=O) groups is 1. The van der Waals surface area contributed by atoms with Crippen molar-refractivity contribution in [1.29, 1.82) is 0 Å². The molecule has 134 valence electrons. The van der Waals surface area contributed by atoms with E-state index >= 15 is 0 Å². The quantitative estimate of drug-likeness (QED) is 0.768. The Labute approximate surface area is 152 Å². The van der Waals surface area contributed by atoms with E-state index in [4.69, 9.17) is 4.42 Å². The van der Waals surface area contributed by atoms with Crippen molar-refractivity contribution >= 4 is 16.9 Å². The standard InChI is InChI=1S/C21H22N2O3/c1-14-9-10-19-16(11-14)18(24)12-20(26-19)21(25)22-13-17(23(2)3)15-7-5-4-6-8-15/h4-12,17H,13H2,1-3H3,(H,22,25)/t17-/m1/s1. The molecule has 26 heavy (non-hydrogen) atoms. The smallest absolute Gasteiger partial charge is 0.287 e. The fraction of sp³-hybridized carbons (Fsp3) is 0.238. The fourth-order valence-electron chi connectivity index (χ4n) is 2.93. The molecule has 0 aliphatic heterocycles. The number of hydrogen-bond donors (Lipinski definition) is 1. The third-order valence-corrected chi connectivity index (χ3v) is 4.37. The lowest BCUT2D eigenvalue weighted by Crippen LogP contribution is -2.34. The molecule has 3 aromatic rings.